The second kappa shape index (κ2) is 5.48. The Morgan fingerprint density at radius 1 is 1.18 bits per heavy atom. The van der Waals surface area contributed by atoms with Gasteiger partial charge in [0.1, 0.15) is 6.29 Å². The molecule has 0 aliphatic carbocycles. The molecule has 0 spiro atoms. The maximum atomic E-state index is 10.7. The van der Waals surface area contributed by atoms with Gasteiger partial charge in [-0.1, -0.05) is 51.8 Å². The molecular formula is C14H10BrClO. The molecule has 0 saturated carbocycles. The van der Waals surface area contributed by atoms with E-state index in [0.29, 0.717) is 11.4 Å². The number of halogens is 2. The third-order valence-corrected chi connectivity index (χ3v) is 3.52. The van der Waals surface area contributed by atoms with Crippen molar-refractivity contribution in [2.75, 3.05) is 0 Å². The zero-order valence-corrected chi connectivity index (χ0v) is 11.3. The molecule has 2 aromatic rings. The van der Waals surface area contributed by atoms with Crippen LogP contribution in [0.3, 0.4) is 0 Å². The molecule has 0 saturated heterocycles. The first-order chi connectivity index (χ1) is 8.22. The molecule has 0 radical (unpaired) electrons. The topological polar surface area (TPSA) is 17.1 Å². The molecule has 0 aliphatic rings. The normalized spacial score (nSPS) is 10.2. The average Bonchev–Trinajstić information content (AvgIpc) is 2.32. The largest absolute Gasteiger partial charge is 0.303 e. The van der Waals surface area contributed by atoms with Crippen LogP contribution in [-0.2, 0) is 11.2 Å². The Balaban J connectivity index is 2.58. The van der Waals surface area contributed by atoms with Gasteiger partial charge in [0.25, 0.3) is 0 Å². The highest BCUT2D eigenvalue weighted by atomic mass is 79.9. The van der Waals surface area contributed by atoms with Gasteiger partial charge in [0, 0.05) is 15.9 Å². The minimum absolute atomic E-state index is 0.392. The molecule has 0 aliphatic heterocycles. The summed E-state index contributed by atoms with van der Waals surface area (Å²) >= 11 is 9.45. The summed E-state index contributed by atoms with van der Waals surface area (Å²) in [6, 6.07) is 13.5. The van der Waals surface area contributed by atoms with Crippen LogP contribution in [0.2, 0.25) is 5.02 Å². The third kappa shape index (κ3) is 2.76. The fourth-order valence-electron chi connectivity index (χ4n) is 1.78. The van der Waals surface area contributed by atoms with E-state index in [-0.39, 0.29) is 0 Å². The molecule has 0 heterocycles. The monoisotopic (exact) mass is 308 g/mol. The molecule has 0 atom stereocenters. The lowest BCUT2D eigenvalue weighted by molar-refractivity contribution is -0.107. The summed E-state index contributed by atoms with van der Waals surface area (Å²) in [5, 5.41) is 0.694. The minimum Gasteiger partial charge on any atom is -0.303 e. The molecule has 2 aromatic carbocycles. The number of carbonyl (C=O) groups is 1. The fraction of sp³-hybridized carbons (Fsp3) is 0.0714. The Morgan fingerprint density at radius 2 is 1.94 bits per heavy atom. The van der Waals surface area contributed by atoms with E-state index in [1.165, 1.54) is 0 Å². The van der Waals surface area contributed by atoms with Gasteiger partial charge in [-0.15, -0.1) is 0 Å². The Hall–Kier alpha value is -1.12. The molecule has 0 N–H and O–H groups in total. The van der Waals surface area contributed by atoms with Crippen LogP contribution in [-0.4, -0.2) is 6.29 Å². The van der Waals surface area contributed by atoms with Gasteiger partial charge in [-0.2, -0.15) is 0 Å². The smallest absolute Gasteiger partial charge is 0.124 e. The zero-order chi connectivity index (χ0) is 12.3. The number of aldehydes is 1. The first-order valence-corrected chi connectivity index (χ1v) is 6.36. The highest BCUT2D eigenvalue weighted by Gasteiger charge is 2.08. The van der Waals surface area contributed by atoms with E-state index in [4.69, 9.17) is 11.6 Å². The van der Waals surface area contributed by atoms with Crippen molar-refractivity contribution in [2.24, 2.45) is 0 Å². The van der Waals surface area contributed by atoms with Crippen molar-refractivity contribution >= 4 is 33.8 Å². The van der Waals surface area contributed by atoms with Gasteiger partial charge in [0.05, 0.1) is 0 Å². The molecule has 0 fully saturated rings. The molecule has 0 aromatic heterocycles. The van der Waals surface area contributed by atoms with Crippen LogP contribution in [0.15, 0.2) is 46.9 Å². The van der Waals surface area contributed by atoms with Gasteiger partial charge in [0.2, 0.25) is 0 Å². The predicted octanol–water partition coefficient (Wildman–Crippen LogP) is 4.51. The predicted molar refractivity (Wildman–Crippen MR) is 74.4 cm³/mol. The van der Waals surface area contributed by atoms with Crippen LogP contribution in [0.1, 0.15) is 5.56 Å². The second-order valence-electron chi connectivity index (χ2n) is 3.65. The number of hydrogen-bond acceptors (Lipinski definition) is 1. The van der Waals surface area contributed by atoms with Crippen molar-refractivity contribution in [1.82, 2.24) is 0 Å². The molecule has 3 heteroatoms. The highest BCUT2D eigenvalue weighted by Crippen LogP contribution is 2.30. The highest BCUT2D eigenvalue weighted by molar-refractivity contribution is 9.10. The molecule has 1 nitrogen and oxygen atoms in total. The van der Waals surface area contributed by atoms with Crippen molar-refractivity contribution < 1.29 is 4.79 Å². The molecule has 0 bridgehead atoms. The van der Waals surface area contributed by atoms with Gasteiger partial charge >= 0.3 is 0 Å². The summed E-state index contributed by atoms with van der Waals surface area (Å²) in [6.45, 7) is 0. The van der Waals surface area contributed by atoms with Crippen molar-refractivity contribution in [1.29, 1.82) is 0 Å². The lowest BCUT2D eigenvalue weighted by atomic mass is 9.98. The van der Waals surface area contributed by atoms with E-state index in [9.17, 15) is 4.79 Å². The number of benzene rings is 2. The van der Waals surface area contributed by atoms with Gasteiger partial charge in [-0.05, 0) is 34.9 Å². The Kier molecular flexibility index (Phi) is 3.97. The van der Waals surface area contributed by atoms with Gasteiger partial charge in [-0.25, -0.2) is 0 Å². The van der Waals surface area contributed by atoms with Gasteiger partial charge in [0.15, 0.2) is 0 Å². The summed E-state index contributed by atoms with van der Waals surface area (Å²) in [6.07, 6.45) is 1.30. The average molecular weight is 310 g/mol. The number of carbonyl (C=O) groups excluding carboxylic acids is 1. The molecule has 0 unspecified atom stereocenters. The molecule has 86 valence electrons. The van der Waals surface area contributed by atoms with Crippen molar-refractivity contribution in [2.45, 2.75) is 6.42 Å². The first-order valence-electron chi connectivity index (χ1n) is 5.19. The summed E-state index contributed by atoms with van der Waals surface area (Å²) in [5.41, 5.74) is 3.05. The van der Waals surface area contributed by atoms with Crippen LogP contribution >= 0.6 is 27.5 Å². The van der Waals surface area contributed by atoms with Crippen molar-refractivity contribution in [3.05, 3.63) is 57.5 Å². The van der Waals surface area contributed by atoms with Crippen LogP contribution in [0.4, 0.5) is 0 Å². The Labute approximate surface area is 114 Å². The summed E-state index contributed by atoms with van der Waals surface area (Å²) in [4.78, 5) is 10.7. The Bertz CT molecular complexity index is 552. The molecule has 2 rings (SSSR count). The van der Waals surface area contributed by atoms with E-state index >= 15 is 0 Å². The van der Waals surface area contributed by atoms with Crippen LogP contribution < -0.4 is 0 Å². The summed E-state index contributed by atoms with van der Waals surface area (Å²) < 4.78 is 0.946. The van der Waals surface area contributed by atoms with Crippen LogP contribution in [0.25, 0.3) is 11.1 Å². The lowest BCUT2D eigenvalue weighted by Gasteiger charge is -2.09. The van der Waals surface area contributed by atoms with Crippen LogP contribution in [0.5, 0.6) is 0 Å². The summed E-state index contributed by atoms with van der Waals surface area (Å²) in [5.74, 6) is 0. The number of hydrogen-bond donors (Lipinski definition) is 0. The molecule has 0 amide bonds. The third-order valence-electron chi connectivity index (χ3n) is 2.54. The standard InChI is InChI=1S/C14H10BrClO/c15-14-6-2-5-12(13(14)7-8-17)10-3-1-4-11(16)9-10/h1-6,8-9H,7H2. The Morgan fingerprint density at radius 3 is 2.65 bits per heavy atom. The maximum Gasteiger partial charge on any atom is 0.124 e. The van der Waals surface area contributed by atoms with Gasteiger partial charge < -0.3 is 4.79 Å². The first kappa shape index (κ1) is 12.3. The quantitative estimate of drug-likeness (QED) is 0.762. The van der Waals surface area contributed by atoms with E-state index < -0.39 is 0 Å². The van der Waals surface area contributed by atoms with E-state index in [1.54, 1.807) is 0 Å². The fourth-order valence-corrected chi connectivity index (χ4v) is 2.49. The number of rotatable bonds is 3. The molecular weight excluding hydrogens is 300 g/mol. The van der Waals surface area contributed by atoms with Gasteiger partial charge in [-0.3, -0.25) is 0 Å². The SMILES string of the molecule is O=CCc1c(Br)cccc1-c1cccc(Cl)c1. The van der Waals surface area contributed by atoms with E-state index in [2.05, 4.69) is 15.9 Å². The van der Waals surface area contributed by atoms with Crippen LogP contribution in [0, 0.1) is 0 Å². The zero-order valence-electron chi connectivity index (χ0n) is 8.99. The second-order valence-corrected chi connectivity index (χ2v) is 4.94. The molecule has 17 heavy (non-hydrogen) atoms. The van der Waals surface area contributed by atoms with E-state index in [0.717, 1.165) is 27.4 Å². The maximum absolute atomic E-state index is 10.7. The lowest BCUT2D eigenvalue weighted by Crippen LogP contribution is -1.92. The van der Waals surface area contributed by atoms with E-state index in [1.807, 2.05) is 42.5 Å². The van der Waals surface area contributed by atoms with Crippen molar-refractivity contribution in [3.8, 4) is 11.1 Å². The van der Waals surface area contributed by atoms with Crippen molar-refractivity contribution in [3.63, 3.8) is 0 Å². The summed E-state index contributed by atoms with van der Waals surface area (Å²) in [7, 11) is 0. The minimum atomic E-state index is 0.392.